The first-order chi connectivity index (χ1) is 14.6. The molecule has 0 spiro atoms. The molecule has 8 heteroatoms. The summed E-state index contributed by atoms with van der Waals surface area (Å²) in [7, 11) is 0. The van der Waals surface area contributed by atoms with Crippen LogP contribution in [0.25, 0.3) is 0 Å². The van der Waals surface area contributed by atoms with Gasteiger partial charge >= 0.3 is 0 Å². The van der Waals surface area contributed by atoms with Gasteiger partial charge in [-0.05, 0) is 31.0 Å². The molecule has 0 bridgehead atoms. The van der Waals surface area contributed by atoms with Crippen molar-refractivity contribution in [3.8, 4) is 5.75 Å². The monoisotopic (exact) mass is 414 g/mol. The van der Waals surface area contributed by atoms with Crippen molar-refractivity contribution in [2.45, 2.75) is 25.4 Å². The minimum Gasteiger partial charge on any atom is -0.491 e. The van der Waals surface area contributed by atoms with E-state index in [1.165, 1.54) is 12.1 Å². The lowest BCUT2D eigenvalue weighted by molar-refractivity contribution is -0.142. The molecule has 1 saturated heterocycles. The number of amides is 2. The second kappa shape index (κ2) is 8.81. The molecule has 2 heterocycles. The van der Waals surface area contributed by atoms with Crippen LogP contribution in [0.5, 0.6) is 5.75 Å². The zero-order valence-electron chi connectivity index (χ0n) is 16.3. The normalized spacial score (nSPS) is 19.4. The number of fused-ring (bicyclic) bond motifs is 1. The highest BCUT2D eigenvalue weighted by molar-refractivity contribution is 5.93. The molecule has 30 heavy (non-hydrogen) atoms. The van der Waals surface area contributed by atoms with Gasteiger partial charge in [-0.25, -0.2) is 9.87 Å². The number of hydroxylamine groups is 1. The fraction of sp³-hybridized carbons (Fsp3) is 0.364. The van der Waals surface area contributed by atoms with Crippen LogP contribution in [0.2, 0.25) is 0 Å². The third-order valence-corrected chi connectivity index (χ3v) is 5.66. The molecular formula is C22H23FN2O5. The number of hydrogen-bond donors (Lipinski definition) is 2. The van der Waals surface area contributed by atoms with Gasteiger partial charge in [0, 0.05) is 35.8 Å². The van der Waals surface area contributed by atoms with Gasteiger partial charge in [-0.3, -0.25) is 14.8 Å². The summed E-state index contributed by atoms with van der Waals surface area (Å²) in [6.45, 7) is 1.33. The Labute approximate surface area is 173 Å². The van der Waals surface area contributed by atoms with E-state index in [-0.39, 0.29) is 30.5 Å². The van der Waals surface area contributed by atoms with Crippen LogP contribution in [-0.4, -0.2) is 41.7 Å². The van der Waals surface area contributed by atoms with Gasteiger partial charge in [0.05, 0.1) is 12.6 Å². The van der Waals surface area contributed by atoms with E-state index in [1.54, 1.807) is 40.7 Å². The average molecular weight is 414 g/mol. The van der Waals surface area contributed by atoms with Crippen LogP contribution >= 0.6 is 0 Å². The van der Waals surface area contributed by atoms with E-state index < -0.39 is 17.8 Å². The van der Waals surface area contributed by atoms with Gasteiger partial charge in [0.1, 0.15) is 18.2 Å². The largest absolute Gasteiger partial charge is 0.491 e. The van der Waals surface area contributed by atoms with Crippen LogP contribution < -0.4 is 10.2 Å². The minimum atomic E-state index is -0.661. The Hall–Kier alpha value is -2.97. The Morgan fingerprint density at radius 3 is 2.63 bits per heavy atom. The third kappa shape index (κ3) is 4.01. The van der Waals surface area contributed by atoms with Gasteiger partial charge in [-0.2, -0.15) is 0 Å². The van der Waals surface area contributed by atoms with Crippen molar-refractivity contribution in [1.82, 2.24) is 10.4 Å². The molecule has 0 aromatic heterocycles. The van der Waals surface area contributed by atoms with Crippen LogP contribution in [-0.2, 0) is 16.1 Å². The van der Waals surface area contributed by atoms with E-state index in [4.69, 9.17) is 14.7 Å². The fourth-order valence-electron chi connectivity index (χ4n) is 3.99. The molecule has 2 aliphatic rings. The van der Waals surface area contributed by atoms with Crippen molar-refractivity contribution >= 4 is 11.8 Å². The number of ether oxygens (including phenoxy) is 2. The number of nitrogens with zero attached hydrogens (tertiary/aromatic N) is 1. The number of benzene rings is 2. The Kier molecular flexibility index (Phi) is 5.96. The highest BCUT2D eigenvalue weighted by Crippen LogP contribution is 2.35. The fourth-order valence-corrected chi connectivity index (χ4v) is 3.99. The van der Waals surface area contributed by atoms with Crippen LogP contribution in [0, 0.1) is 11.7 Å². The summed E-state index contributed by atoms with van der Waals surface area (Å²) in [5.41, 5.74) is 2.92. The number of halogens is 1. The molecule has 2 amide bonds. The van der Waals surface area contributed by atoms with Gasteiger partial charge in [0.15, 0.2) is 0 Å². The maximum absolute atomic E-state index is 14.6. The molecule has 0 radical (unpaired) electrons. The van der Waals surface area contributed by atoms with Crippen LogP contribution in [0.15, 0.2) is 42.5 Å². The number of rotatable bonds is 3. The molecule has 2 aliphatic heterocycles. The van der Waals surface area contributed by atoms with Crippen LogP contribution in [0.4, 0.5) is 4.39 Å². The first kappa shape index (κ1) is 20.3. The zero-order chi connectivity index (χ0) is 21.1. The summed E-state index contributed by atoms with van der Waals surface area (Å²) in [6.07, 6.45) is 1.26. The average Bonchev–Trinajstić information content (AvgIpc) is 2.98. The van der Waals surface area contributed by atoms with Gasteiger partial charge < -0.3 is 14.4 Å². The summed E-state index contributed by atoms with van der Waals surface area (Å²) in [4.78, 5) is 26.9. The Balaban J connectivity index is 1.71. The van der Waals surface area contributed by atoms with E-state index in [0.717, 1.165) is 0 Å². The molecular weight excluding hydrogens is 391 g/mol. The van der Waals surface area contributed by atoms with Crippen molar-refractivity contribution in [1.29, 1.82) is 0 Å². The lowest BCUT2D eigenvalue weighted by Gasteiger charge is -2.34. The standard InChI is InChI=1S/C22H23FN2O5/c23-18-4-2-1-3-17(18)19-13-30-20-11-15(21(26)24-28)5-6-16(20)12-25(19)22(27)14-7-9-29-10-8-14/h1-6,11,14,19,28H,7-10,12-13H2,(H,24,26)/t19-/m1/s1. The number of nitrogens with one attached hydrogen (secondary N) is 1. The molecule has 7 nitrogen and oxygen atoms in total. The highest BCUT2D eigenvalue weighted by atomic mass is 19.1. The van der Waals surface area contributed by atoms with Crippen molar-refractivity contribution < 1.29 is 28.7 Å². The molecule has 2 aromatic carbocycles. The number of carbonyl (C=O) groups is 2. The summed E-state index contributed by atoms with van der Waals surface area (Å²) >= 11 is 0. The van der Waals surface area contributed by atoms with Crippen LogP contribution in [0.1, 0.15) is 40.4 Å². The molecule has 1 fully saturated rings. The maximum atomic E-state index is 14.6. The molecule has 1 atom stereocenters. The Morgan fingerprint density at radius 1 is 1.13 bits per heavy atom. The molecule has 0 saturated carbocycles. The summed E-state index contributed by atoms with van der Waals surface area (Å²) in [5, 5.41) is 8.88. The van der Waals surface area contributed by atoms with E-state index in [1.807, 2.05) is 0 Å². The molecule has 4 rings (SSSR count). The molecule has 2 N–H and O–H groups in total. The SMILES string of the molecule is O=C(NO)c1ccc2c(c1)OC[C@H](c1ccccc1F)N(C(=O)C1CCOCC1)C2. The molecule has 158 valence electrons. The van der Waals surface area contributed by atoms with E-state index >= 15 is 0 Å². The van der Waals surface area contributed by atoms with E-state index in [9.17, 15) is 14.0 Å². The summed E-state index contributed by atoms with van der Waals surface area (Å²) < 4.78 is 25.9. The maximum Gasteiger partial charge on any atom is 0.274 e. The molecule has 0 unspecified atom stereocenters. The van der Waals surface area contributed by atoms with Crippen molar-refractivity contribution in [2.24, 2.45) is 5.92 Å². The number of hydrogen-bond acceptors (Lipinski definition) is 5. The predicted octanol–water partition coefficient (Wildman–Crippen LogP) is 2.83. The predicted molar refractivity (Wildman–Crippen MR) is 104 cm³/mol. The Bertz CT molecular complexity index is 945. The first-order valence-electron chi connectivity index (χ1n) is 9.91. The first-order valence-corrected chi connectivity index (χ1v) is 9.91. The molecule has 2 aromatic rings. The highest BCUT2D eigenvalue weighted by Gasteiger charge is 2.35. The van der Waals surface area contributed by atoms with Crippen molar-refractivity contribution in [3.63, 3.8) is 0 Å². The van der Waals surface area contributed by atoms with E-state index in [2.05, 4.69) is 0 Å². The topological polar surface area (TPSA) is 88.1 Å². The summed E-state index contributed by atoms with van der Waals surface area (Å²) in [5.74, 6) is -0.873. The second-order valence-corrected chi connectivity index (χ2v) is 7.46. The third-order valence-electron chi connectivity index (χ3n) is 5.66. The summed E-state index contributed by atoms with van der Waals surface area (Å²) in [6, 6.07) is 10.5. The quantitative estimate of drug-likeness (QED) is 0.596. The van der Waals surface area contributed by atoms with Gasteiger partial charge in [0.2, 0.25) is 5.91 Å². The smallest absolute Gasteiger partial charge is 0.274 e. The van der Waals surface area contributed by atoms with Crippen LogP contribution in [0.3, 0.4) is 0 Å². The zero-order valence-corrected chi connectivity index (χ0v) is 16.3. The van der Waals surface area contributed by atoms with Gasteiger partial charge in [0.25, 0.3) is 5.91 Å². The van der Waals surface area contributed by atoms with Gasteiger partial charge in [-0.15, -0.1) is 0 Å². The Morgan fingerprint density at radius 2 is 1.90 bits per heavy atom. The minimum absolute atomic E-state index is 0.0487. The lowest BCUT2D eigenvalue weighted by Crippen LogP contribution is -2.41. The van der Waals surface area contributed by atoms with Gasteiger partial charge in [-0.1, -0.05) is 24.3 Å². The van der Waals surface area contributed by atoms with Crippen molar-refractivity contribution in [2.75, 3.05) is 19.8 Å². The van der Waals surface area contributed by atoms with Crippen molar-refractivity contribution in [3.05, 3.63) is 65.0 Å². The second-order valence-electron chi connectivity index (χ2n) is 7.46. The lowest BCUT2D eigenvalue weighted by atomic mass is 9.96. The number of carbonyl (C=O) groups excluding carboxylic acids is 2. The molecule has 0 aliphatic carbocycles. The van der Waals surface area contributed by atoms with E-state index in [0.29, 0.717) is 42.9 Å².